The van der Waals surface area contributed by atoms with Crippen molar-refractivity contribution in [1.29, 1.82) is 0 Å². The lowest BCUT2D eigenvalue weighted by atomic mass is 10.1. The summed E-state index contributed by atoms with van der Waals surface area (Å²) in [7, 11) is 3.32. The fourth-order valence-electron chi connectivity index (χ4n) is 2.63. The monoisotopic (exact) mass is 340 g/mol. The molecule has 25 heavy (non-hydrogen) atoms. The Morgan fingerprint density at radius 1 is 1.20 bits per heavy atom. The Hall–Kier alpha value is -3.02. The number of fused-ring (bicyclic) bond motifs is 1. The first-order chi connectivity index (χ1) is 12.1. The zero-order valence-electron chi connectivity index (χ0n) is 14.2. The maximum Gasteiger partial charge on any atom is 0.266 e. The second-order valence-corrected chi connectivity index (χ2v) is 5.89. The van der Waals surface area contributed by atoms with E-state index in [4.69, 9.17) is 9.47 Å². The van der Waals surface area contributed by atoms with Gasteiger partial charge in [-0.25, -0.2) is 0 Å². The van der Waals surface area contributed by atoms with Crippen molar-refractivity contribution in [3.05, 3.63) is 54.1 Å². The van der Waals surface area contributed by atoms with Crippen LogP contribution in [0.15, 0.2) is 48.5 Å². The maximum absolute atomic E-state index is 12.4. The van der Waals surface area contributed by atoms with Crippen LogP contribution in [0.1, 0.15) is 12.0 Å². The van der Waals surface area contributed by atoms with Gasteiger partial charge in [0.05, 0.1) is 19.2 Å². The molecular formula is C19H20N2O4. The van der Waals surface area contributed by atoms with E-state index in [0.717, 1.165) is 11.3 Å². The fourth-order valence-corrected chi connectivity index (χ4v) is 2.63. The number of amides is 2. The van der Waals surface area contributed by atoms with Gasteiger partial charge in [-0.2, -0.15) is 0 Å². The number of benzene rings is 2. The van der Waals surface area contributed by atoms with Crippen LogP contribution >= 0.6 is 0 Å². The Kier molecular flexibility index (Phi) is 4.88. The number of hydrogen-bond acceptors (Lipinski definition) is 4. The van der Waals surface area contributed by atoms with Crippen molar-refractivity contribution in [3.8, 4) is 11.5 Å². The molecule has 6 nitrogen and oxygen atoms in total. The van der Waals surface area contributed by atoms with E-state index in [1.807, 2.05) is 36.4 Å². The highest BCUT2D eigenvalue weighted by Crippen LogP contribution is 2.29. The largest absolute Gasteiger partial charge is 0.497 e. The number of rotatable bonds is 5. The quantitative estimate of drug-likeness (QED) is 0.908. The van der Waals surface area contributed by atoms with Crippen LogP contribution in [0.5, 0.6) is 11.5 Å². The van der Waals surface area contributed by atoms with Crippen molar-refractivity contribution >= 4 is 17.5 Å². The molecule has 1 aliphatic heterocycles. The molecule has 6 heteroatoms. The Morgan fingerprint density at radius 3 is 2.64 bits per heavy atom. The topological polar surface area (TPSA) is 67.9 Å². The van der Waals surface area contributed by atoms with E-state index in [1.165, 1.54) is 0 Å². The Bertz CT molecular complexity index is 773. The smallest absolute Gasteiger partial charge is 0.266 e. The van der Waals surface area contributed by atoms with E-state index in [9.17, 15) is 9.59 Å². The minimum absolute atomic E-state index is 0.00712. The Morgan fingerprint density at radius 2 is 1.92 bits per heavy atom. The number of hydrogen-bond donors (Lipinski definition) is 1. The van der Waals surface area contributed by atoms with Crippen LogP contribution in [-0.2, 0) is 16.1 Å². The molecule has 0 saturated carbocycles. The van der Waals surface area contributed by atoms with Crippen LogP contribution in [0.25, 0.3) is 0 Å². The molecule has 0 aliphatic carbocycles. The maximum atomic E-state index is 12.4. The van der Waals surface area contributed by atoms with Gasteiger partial charge in [-0.3, -0.25) is 9.59 Å². The summed E-state index contributed by atoms with van der Waals surface area (Å²) >= 11 is 0. The summed E-state index contributed by atoms with van der Waals surface area (Å²) in [5, 5.41) is 2.77. The molecule has 130 valence electrons. The van der Waals surface area contributed by atoms with E-state index >= 15 is 0 Å². The zero-order chi connectivity index (χ0) is 17.8. The van der Waals surface area contributed by atoms with Crippen LogP contribution in [-0.4, -0.2) is 37.0 Å². The number of methoxy groups -OCH3 is 1. The summed E-state index contributed by atoms with van der Waals surface area (Å²) < 4.78 is 10.8. The average Bonchev–Trinajstić information content (AvgIpc) is 2.63. The van der Waals surface area contributed by atoms with Crippen LogP contribution in [0, 0.1) is 0 Å². The van der Waals surface area contributed by atoms with Gasteiger partial charge in [0.15, 0.2) is 6.10 Å². The molecule has 0 bridgehead atoms. The summed E-state index contributed by atoms with van der Waals surface area (Å²) in [6.45, 7) is 0.452. The van der Waals surface area contributed by atoms with Crippen LogP contribution in [0.3, 0.4) is 0 Å². The van der Waals surface area contributed by atoms with E-state index in [0.29, 0.717) is 18.0 Å². The number of nitrogens with zero attached hydrogens (tertiary/aromatic N) is 1. The zero-order valence-corrected chi connectivity index (χ0v) is 14.2. The third kappa shape index (κ3) is 3.91. The molecule has 1 unspecified atom stereocenters. The summed E-state index contributed by atoms with van der Waals surface area (Å²) in [5.41, 5.74) is 1.61. The lowest BCUT2D eigenvalue weighted by molar-refractivity contribution is -0.136. The molecule has 1 heterocycles. The van der Waals surface area contributed by atoms with Gasteiger partial charge < -0.3 is 19.7 Å². The molecule has 1 aliphatic rings. The molecule has 1 N–H and O–H groups in total. The molecule has 1 atom stereocenters. The summed E-state index contributed by atoms with van der Waals surface area (Å²) in [5.74, 6) is 0.890. The highest BCUT2D eigenvalue weighted by molar-refractivity contribution is 5.99. The summed E-state index contributed by atoms with van der Waals surface area (Å²) in [4.78, 5) is 26.1. The molecule has 0 aromatic heterocycles. The minimum Gasteiger partial charge on any atom is -0.497 e. The van der Waals surface area contributed by atoms with Crippen molar-refractivity contribution < 1.29 is 19.1 Å². The third-order valence-corrected chi connectivity index (χ3v) is 4.07. The molecular weight excluding hydrogens is 320 g/mol. The lowest BCUT2D eigenvalue weighted by Gasteiger charge is -2.27. The first kappa shape index (κ1) is 16.8. The van der Waals surface area contributed by atoms with E-state index in [2.05, 4.69) is 5.32 Å². The van der Waals surface area contributed by atoms with E-state index in [1.54, 1.807) is 31.2 Å². The van der Waals surface area contributed by atoms with Crippen LogP contribution in [0.2, 0.25) is 0 Å². The van der Waals surface area contributed by atoms with Crippen molar-refractivity contribution in [1.82, 2.24) is 4.90 Å². The number of carbonyl (C=O) groups is 2. The van der Waals surface area contributed by atoms with Crippen molar-refractivity contribution in [3.63, 3.8) is 0 Å². The van der Waals surface area contributed by atoms with E-state index in [-0.39, 0.29) is 18.2 Å². The average molecular weight is 340 g/mol. The van der Waals surface area contributed by atoms with Gasteiger partial charge in [0.2, 0.25) is 5.91 Å². The molecule has 2 aromatic rings. The van der Waals surface area contributed by atoms with Crippen LogP contribution in [0.4, 0.5) is 5.69 Å². The van der Waals surface area contributed by atoms with E-state index < -0.39 is 6.10 Å². The summed E-state index contributed by atoms with van der Waals surface area (Å²) in [6, 6.07) is 14.7. The highest BCUT2D eigenvalue weighted by atomic mass is 16.5. The normalized spacial score (nSPS) is 15.6. The molecule has 0 fully saturated rings. The molecule has 2 aromatic carbocycles. The number of carbonyl (C=O) groups excluding carboxylic acids is 2. The standard InChI is InChI=1S/C19H20N2O4/c1-21(12-13-7-9-14(24-2)10-8-13)18(22)11-17-19(23)20-15-5-3-4-6-16(15)25-17/h3-10,17H,11-12H2,1-2H3,(H,20,23). The fraction of sp³-hybridized carbons (Fsp3) is 0.263. The van der Waals surface area contributed by atoms with Gasteiger partial charge in [-0.1, -0.05) is 24.3 Å². The summed E-state index contributed by atoms with van der Waals surface area (Å²) in [6.07, 6.45) is -0.826. The number of para-hydroxylation sites is 2. The van der Waals surface area contributed by atoms with Gasteiger partial charge in [0.1, 0.15) is 11.5 Å². The first-order valence-corrected chi connectivity index (χ1v) is 8.00. The predicted molar refractivity (Wildman–Crippen MR) is 93.6 cm³/mol. The van der Waals surface area contributed by atoms with Crippen molar-refractivity contribution in [2.45, 2.75) is 19.1 Å². The third-order valence-electron chi connectivity index (χ3n) is 4.07. The number of nitrogens with one attached hydrogen (secondary N) is 1. The lowest BCUT2D eigenvalue weighted by Crippen LogP contribution is -2.41. The Balaban J connectivity index is 1.60. The van der Waals surface area contributed by atoms with Crippen molar-refractivity contribution in [2.75, 3.05) is 19.5 Å². The molecule has 0 radical (unpaired) electrons. The molecule has 0 spiro atoms. The molecule has 3 rings (SSSR count). The number of ether oxygens (including phenoxy) is 2. The second kappa shape index (κ2) is 7.25. The van der Waals surface area contributed by atoms with Gasteiger partial charge in [0.25, 0.3) is 5.91 Å². The minimum atomic E-state index is -0.819. The van der Waals surface area contributed by atoms with Crippen molar-refractivity contribution in [2.24, 2.45) is 0 Å². The second-order valence-electron chi connectivity index (χ2n) is 5.89. The van der Waals surface area contributed by atoms with Gasteiger partial charge in [-0.15, -0.1) is 0 Å². The SMILES string of the molecule is COc1ccc(CN(C)C(=O)CC2Oc3ccccc3NC2=O)cc1. The number of anilines is 1. The Labute approximate surface area is 146 Å². The highest BCUT2D eigenvalue weighted by Gasteiger charge is 2.30. The van der Waals surface area contributed by atoms with Gasteiger partial charge >= 0.3 is 0 Å². The van der Waals surface area contributed by atoms with Gasteiger partial charge in [0, 0.05) is 13.6 Å². The van der Waals surface area contributed by atoms with Gasteiger partial charge in [-0.05, 0) is 29.8 Å². The predicted octanol–water partition coefficient (Wildman–Crippen LogP) is 2.44. The first-order valence-electron chi connectivity index (χ1n) is 8.00. The molecule has 0 saturated heterocycles. The van der Waals surface area contributed by atoms with Crippen LogP contribution < -0.4 is 14.8 Å². The molecule has 2 amide bonds.